The molecule has 0 heterocycles. The van der Waals surface area contributed by atoms with E-state index in [2.05, 4.69) is 0 Å². The molecular formula is C16H20O3. The number of hydrogen-bond donors (Lipinski definition) is 1. The fourth-order valence-electron chi connectivity index (χ4n) is 3.09. The van der Waals surface area contributed by atoms with Gasteiger partial charge in [0.2, 0.25) is 0 Å². The van der Waals surface area contributed by atoms with Crippen LogP contribution in [0.15, 0.2) is 24.3 Å². The van der Waals surface area contributed by atoms with Crippen molar-refractivity contribution in [2.45, 2.75) is 56.5 Å². The lowest BCUT2D eigenvalue weighted by Gasteiger charge is -2.16. The molecule has 2 aliphatic carbocycles. The van der Waals surface area contributed by atoms with Gasteiger partial charge in [-0.1, -0.05) is 12.1 Å². The van der Waals surface area contributed by atoms with Gasteiger partial charge in [-0.3, -0.25) is 4.79 Å². The summed E-state index contributed by atoms with van der Waals surface area (Å²) in [5.74, 6) is 0.213. The third kappa shape index (κ3) is 2.75. The van der Waals surface area contributed by atoms with Crippen LogP contribution in [0.4, 0.5) is 0 Å². The monoisotopic (exact) mass is 260 g/mol. The average Bonchev–Trinajstić information content (AvgIpc) is 2.97. The lowest BCUT2D eigenvalue weighted by Crippen LogP contribution is -2.13. The number of hydrogen-bond acceptors (Lipinski definition) is 2. The molecule has 1 aromatic carbocycles. The predicted molar refractivity (Wildman–Crippen MR) is 72.5 cm³/mol. The highest BCUT2D eigenvalue weighted by Crippen LogP contribution is 2.51. The number of rotatable bonds is 5. The second kappa shape index (κ2) is 4.87. The van der Waals surface area contributed by atoms with Crippen molar-refractivity contribution in [3.05, 3.63) is 29.8 Å². The largest absolute Gasteiger partial charge is 0.490 e. The molecule has 102 valence electrons. The Morgan fingerprint density at radius 3 is 2.37 bits per heavy atom. The molecule has 0 aromatic heterocycles. The van der Waals surface area contributed by atoms with Crippen LogP contribution in [-0.2, 0) is 10.2 Å². The van der Waals surface area contributed by atoms with Gasteiger partial charge in [-0.2, -0.15) is 0 Å². The van der Waals surface area contributed by atoms with Crippen molar-refractivity contribution in [1.82, 2.24) is 0 Å². The summed E-state index contributed by atoms with van der Waals surface area (Å²) in [6.07, 6.45) is 7.45. The highest BCUT2D eigenvalue weighted by molar-refractivity contribution is 5.70. The summed E-state index contributed by atoms with van der Waals surface area (Å²) in [5, 5.41) is 8.97. The number of carboxylic acids is 1. The summed E-state index contributed by atoms with van der Waals surface area (Å²) in [6, 6.07) is 8.07. The molecule has 0 aliphatic heterocycles. The molecule has 0 atom stereocenters. The Kier molecular flexibility index (Phi) is 3.21. The van der Waals surface area contributed by atoms with Crippen molar-refractivity contribution in [3.8, 4) is 5.75 Å². The Morgan fingerprint density at radius 1 is 1.21 bits per heavy atom. The molecule has 0 bridgehead atoms. The molecule has 0 saturated heterocycles. The number of aliphatic carboxylic acids is 1. The van der Waals surface area contributed by atoms with Crippen LogP contribution in [0, 0.1) is 0 Å². The van der Waals surface area contributed by atoms with Gasteiger partial charge in [0, 0.05) is 5.41 Å². The van der Waals surface area contributed by atoms with Crippen molar-refractivity contribution >= 4 is 5.97 Å². The number of ether oxygens (including phenoxy) is 1. The van der Waals surface area contributed by atoms with Gasteiger partial charge in [0.25, 0.3) is 0 Å². The van der Waals surface area contributed by atoms with Gasteiger partial charge in [0.15, 0.2) is 0 Å². The smallest absolute Gasteiger partial charge is 0.304 e. The van der Waals surface area contributed by atoms with Gasteiger partial charge in [-0.25, -0.2) is 0 Å². The number of benzene rings is 1. The topological polar surface area (TPSA) is 46.5 Å². The molecule has 3 heteroatoms. The van der Waals surface area contributed by atoms with E-state index < -0.39 is 5.97 Å². The maximum atomic E-state index is 10.9. The molecule has 1 N–H and O–H groups in total. The lowest BCUT2D eigenvalue weighted by molar-refractivity contribution is -0.137. The summed E-state index contributed by atoms with van der Waals surface area (Å²) in [6.45, 7) is 0. The van der Waals surface area contributed by atoms with Crippen LogP contribution in [0.1, 0.15) is 50.5 Å². The molecule has 0 amide bonds. The highest BCUT2D eigenvalue weighted by Gasteiger charge is 2.45. The molecule has 19 heavy (non-hydrogen) atoms. The van der Waals surface area contributed by atoms with E-state index in [4.69, 9.17) is 9.84 Å². The van der Waals surface area contributed by atoms with Gasteiger partial charge in [-0.05, 0) is 56.2 Å². The van der Waals surface area contributed by atoms with Crippen LogP contribution in [0.5, 0.6) is 5.75 Å². The molecule has 0 unspecified atom stereocenters. The fourth-order valence-corrected chi connectivity index (χ4v) is 3.09. The average molecular weight is 260 g/mol. The van der Waals surface area contributed by atoms with Gasteiger partial charge >= 0.3 is 5.97 Å². The minimum atomic E-state index is -0.705. The van der Waals surface area contributed by atoms with Crippen LogP contribution >= 0.6 is 0 Å². The first-order chi connectivity index (χ1) is 9.18. The minimum absolute atomic E-state index is 0.0995. The van der Waals surface area contributed by atoms with Crippen LogP contribution < -0.4 is 4.74 Å². The first-order valence-electron chi connectivity index (χ1n) is 7.17. The van der Waals surface area contributed by atoms with Gasteiger partial charge in [-0.15, -0.1) is 0 Å². The molecule has 3 rings (SSSR count). The van der Waals surface area contributed by atoms with E-state index >= 15 is 0 Å². The van der Waals surface area contributed by atoms with Crippen molar-refractivity contribution in [1.29, 1.82) is 0 Å². The molecule has 0 spiro atoms. The van der Waals surface area contributed by atoms with E-state index in [1.807, 2.05) is 24.3 Å². The Bertz CT molecular complexity index is 453. The quantitative estimate of drug-likeness (QED) is 0.881. The fraction of sp³-hybridized carbons (Fsp3) is 0.562. The molecule has 3 nitrogen and oxygen atoms in total. The van der Waals surface area contributed by atoms with Crippen LogP contribution in [0.3, 0.4) is 0 Å². The third-order valence-electron chi connectivity index (χ3n) is 4.41. The maximum Gasteiger partial charge on any atom is 0.304 e. The first-order valence-corrected chi connectivity index (χ1v) is 7.17. The van der Waals surface area contributed by atoms with Crippen molar-refractivity contribution < 1.29 is 14.6 Å². The van der Waals surface area contributed by atoms with E-state index in [9.17, 15) is 4.79 Å². The van der Waals surface area contributed by atoms with E-state index in [-0.39, 0.29) is 11.8 Å². The summed E-state index contributed by atoms with van der Waals surface area (Å²) in [7, 11) is 0. The molecule has 2 saturated carbocycles. The summed E-state index contributed by atoms with van der Waals surface area (Å²) in [5.41, 5.74) is 1.05. The molecule has 1 aromatic rings. The van der Waals surface area contributed by atoms with Crippen molar-refractivity contribution in [3.63, 3.8) is 0 Å². The van der Waals surface area contributed by atoms with Crippen LogP contribution in [0.25, 0.3) is 0 Å². The van der Waals surface area contributed by atoms with Gasteiger partial charge in [0.05, 0.1) is 12.5 Å². The Morgan fingerprint density at radius 2 is 1.84 bits per heavy atom. The molecule has 0 radical (unpaired) electrons. The Balaban J connectivity index is 1.67. The zero-order valence-corrected chi connectivity index (χ0v) is 11.1. The minimum Gasteiger partial charge on any atom is -0.490 e. The predicted octanol–water partition coefficient (Wildman–Crippen LogP) is 3.51. The van der Waals surface area contributed by atoms with Gasteiger partial charge < -0.3 is 9.84 Å². The SMILES string of the molecule is O=C(O)CC1(c2ccc(OC3CCCC3)cc2)CC1. The molecule has 2 aliphatic rings. The zero-order valence-electron chi connectivity index (χ0n) is 11.1. The van der Waals surface area contributed by atoms with Gasteiger partial charge in [0.1, 0.15) is 5.75 Å². The number of carbonyl (C=O) groups is 1. The van der Waals surface area contributed by atoms with Crippen LogP contribution in [-0.4, -0.2) is 17.2 Å². The summed E-state index contributed by atoms with van der Waals surface area (Å²) >= 11 is 0. The first kappa shape index (κ1) is 12.5. The third-order valence-corrected chi connectivity index (χ3v) is 4.41. The Hall–Kier alpha value is -1.51. The molecule has 2 fully saturated rings. The zero-order chi connectivity index (χ0) is 13.3. The highest BCUT2D eigenvalue weighted by atomic mass is 16.5. The van der Waals surface area contributed by atoms with E-state index in [1.54, 1.807) is 0 Å². The normalized spacial score (nSPS) is 21.3. The standard InChI is InChI=1S/C16H20O3/c17-15(18)11-16(9-10-16)12-5-7-14(8-6-12)19-13-3-1-2-4-13/h5-8,13H,1-4,9-11H2,(H,17,18). The van der Waals surface area contributed by atoms with Crippen molar-refractivity contribution in [2.75, 3.05) is 0 Å². The number of carboxylic acid groups (broad SMARTS) is 1. The second-order valence-corrected chi connectivity index (χ2v) is 5.90. The van der Waals surface area contributed by atoms with Crippen LogP contribution in [0.2, 0.25) is 0 Å². The lowest BCUT2D eigenvalue weighted by atomic mass is 9.92. The van der Waals surface area contributed by atoms with E-state index in [1.165, 1.54) is 12.8 Å². The summed E-state index contributed by atoms with van der Waals surface area (Å²) < 4.78 is 5.93. The maximum absolute atomic E-state index is 10.9. The Labute approximate surface area is 113 Å². The van der Waals surface area contributed by atoms with E-state index in [0.717, 1.165) is 37.0 Å². The van der Waals surface area contributed by atoms with E-state index in [0.29, 0.717) is 6.10 Å². The molecular weight excluding hydrogens is 240 g/mol. The second-order valence-electron chi connectivity index (χ2n) is 5.90. The van der Waals surface area contributed by atoms with Crippen molar-refractivity contribution in [2.24, 2.45) is 0 Å². The summed E-state index contributed by atoms with van der Waals surface area (Å²) in [4.78, 5) is 10.9.